The summed E-state index contributed by atoms with van der Waals surface area (Å²) in [6.45, 7) is 0.881. The molecule has 0 radical (unpaired) electrons. The first-order valence-corrected chi connectivity index (χ1v) is 13.4. The Morgan fingerprint density at radius 2 is 1.79 bits per heavy atom. The van der Waals surface area contributed by atoms with Gasteiger partial charge >= 0.3 is 0 Å². The van der Waals surface area contributed by atoms with Gasteiger partial charge in [-0.3, -0.25) is 14.4 Å². The van der Waals surface area contributed by atoms with Crippen LogP contribution in [-0.2, 0) is 11.3 Å². The van der Waals surface area contributed by atoms with E-state index in [1.54, 1.807) is 24.4 Å². The largest absolute Gasteiger partial charge is 0.482 e. The van der Waals surface area contributed by atoms with Crippen LogP contribution in [0.4, 0.5) is 5.69 Å². The minimum Gasteiger partial charge on any atom is -0.482 e. The van der Waals surface area contributed by atoms with Gasteiger partial charge in [0.25, 0.3) is 17.7 Å². The molecule has 3 N–H and O–H groups in total. The van der Waals surface area contributed by atoms with Crippen molar-refractivity contribution < 1.29 is 19.1 Å². The predicted octanol–water partition coefficient (Wildman–Crippen LogP) is 2.94. The van der Waals surface area contributed by atoms with Crippen LogP contribution in [0, 0.1) is 23.2 Å². The van der Waals surface area contributed by atoms with E-state index in [2.05, 4.69) is 26.0 Å². The molecule has 196 valence electrons. The van der Waals surface area contributed by atoms with Crippen molar-refractivity contribution in [2.75, 3.05) is 18.5 Å². The van der Waals surface area contributed by atoms with Crippen molar-refractivity contribution in [3.63, 3.8) is 0 Å². The fourth-order valence-electron chi connectivity index (χ4n) is 7.57. The molecule has 3 heterocycles. The van der Waals surface area contributed by atoms with Crippen LogP contribution < -0.4 is 20.7 Å². The molecule has 5 aliphatic rings. The zero-order valence-corrected chi connectivity index (χ0v) is 21.0. The molecule has 3 aromatic rings. The highest BCUT2D eigenvalue weighted by atomic mass is 16.5. The van der Waals surface area contributed by atoms with Crippen molar-refractivity contribution in [2.45, 2.75) is 45.1 Å². The highest BCUT2D eigenvalue weighted by Crippen LogP contribution is 2.59. The summed E-state index contributed by atoms with van der Waals surface area (Å²) in [6.07, 6.45) is 9.27. The maximum Gasteiger partial charge on any atom is 0.270 e. The predicted molar refractivity (Wildman–Crippen MR) is 138 cm³/mol. The molecule has 1 aromatic carbocycles. The molecule has 10 nitrogen and oxygen atoms in total. The average molecular weight is 515 g/mol. The minimum atomic E-state index is -0.401. The molecule has 3 amide bonds. The van der Waals surface area contributed by atoms with Crippen LogP contribution in [0.2, 0.25) is 0 Å². The number of fused-ring (bicyclic) bond motifs is 2. The number of nitrogens with one attached hydrogen (secondary N) is 3. The number of ether oxygens (including phenoxy) is 1. The fraction of sp³-hybridized carbons (Fsp3) is 0.464. The molecule has 10 heteroatoms. The van der Waals surface area contributed by atoms with Gasteiger partial charge in [-0.05, 0) is 79.4 Å². The van der Waals surface area contributed by atoms with Gasteiger partial charge in [-0.15, -0.1) is 0 Å². The van der Waals surface area contributed by atoms with Crippen molar-refractivity contribution >= 4 is 29.1 Å². The number of rotatable bonds is 6. The lowest BCUT2D eigenvalue weighted by Crippen LogP contribution is -2.51. The lowest BCUT2D eigenvalue weighted by molar-refractivity contribution is -0.118. The van der Waals surface area contributed by atoms with E-state index in [1.807, 2.05) is 6.07 Å². The molecular formula is C28H30N6O4. The Morgan fingerprint density at radius 3 is 2.55 bits per heavy atom. The summed E-state index contributed by atoms with van der Waals surface area (Å²) in [6, 6.07) is 8.54. The van der Waals surface area contributed by atoms with Gasteiger partial charge in [0, 0.05) is 25.2 Å². The normalized spacial score (nSPS) is 26.9. The van der Waals surface area contributed by atoms with Crippen LogP contribution >= 0.6 is 0 Å². The fourth-order valence-corrected chi connectivity index (χ4v) is 7.57. The molecule has 0 spiro atoms. The standard InChI is InChI=1S/C28H30N6O4/c35-25-14-38-23-2-1-16(8-20(23)33-25)13-29-26(36)21-9-22(34-24(32-21)3-4-31-34)27(37)30-15-28-10-17-5-18(11-28)7-19(6-17)12-28/h1-4,8-9,17-19H,5-7,10-15H2,(H,29,36)(H,30,37)(H,33,35). The molecule has 38 heavy (non-hydrogen) atoms. The lowest BCUT2D eigenvalue weighted by atomic mass is 9.49. The Labute approximate surface area is 219 Å². The summed E-state index contributed by atoms with van der Waals surface area (Å²) in [5, 5.41) is 13.1. The molecular weight excluding hydrogens is 484 g/mol. The van der Waals surface area contributed by atoms with Crippen LogP contribution in [0.5, 0.6) is 5.75 Å². The second-order valence-electron chi connectivity index (χ2n) is 11.6. The summed E-state index contributed by atoms with van der Waals surface area (Å²) in [4.78, 5) is 42.5. The molecule has 2 aromatic heterocycles. The number of hydrogen-bond donors (Lipinski definition) is 3. The number of carbonyl (C=O) groups is 3. The van der Waals surface area contributed by atoms with Crippen molar-refractivity contribution in [3.05, 3.63) is 53.5 Å². The summed E-state index contributed by atoms with van der Waals surface area (Å²) < 4.78 is 6.87. The van der Waals surface area contributed by atoms with E-state index in [0.717, 1.165) is 23.3 Å². The van der Waals surface area contributed by atoms with E-state index < -0.39 is 5.91 Å². The number of hydrogen-bond acceptors (Lipinski definition) is 6. The third kappa shape index (κ3) is 4.17. The first-order valence-electron chi connectivity index (χ1n) is 13.4. The van der Waals surface area contributed by atoms with Crippen molar-refractivity contribution in [3.8, 4) is 5.75 Å². The van der Waals surface area contributed by atoms with Gasteiger partial charge in [0.15, 0.2) is 12.3 Å². The van der Waals surface area contributed by atoms with Gasteiger partial charge in [-0.25, -0.2) is 9.50 Å². The molecule has 8 rings (SSSR count). The molecule has 4 aliphatic carbocycles. The molecule has 0 unspecified atom stereocenters. The van der Waals surface area contributed by atoms with Gasteiger partial charge in [-0.2, -0.15) is 5.10 Å². The molecule has 0 saturated heterocycles. The van der Waals surface area contributed by atoms with Gasteiger partial charge in [0.2, 0.25) is 0 Å². The maximum absolute atomic E-state index is 13.4. The monoisotopic (exact) mass is 514 g/mol. The van der Waals surface area contributed by atoms with Crippen LogP contribution in [0.3, 0.4) is 0 Å². The molecule has 4 bridgehead atoms. The first kappa shape index (κ1) is 23.2. The molecule has 0 atom stereocenters. The third-order valence-corrected chi connectivity index (χ3v) is 8.74. The van der Waals surface area contributed by atoms with Crippen LogP contribution in [0.15, 0.2) is 36.5 Å². The van der Waals surface area contributed by atoms with Crippen LogP contribution in [0.1, 0.15) is 65.1 Å². The maximum atomic E-state index is 13.4. The number of anilines is 1. The smallest absolute Gasteiger partial charge is 0.270 e. The topological polar surface area (TPSA) is 127 Å². The second kappa shape index (κ2) is 8.82. The van der Waals surface area contributed by atoms with E-state index in [0.29, 0.717) is 29.3 Å². The van der Waals surface area contributed by atoms with Gasteiger partial charge in [0.05, 0.1) is 11.9 Å². The van der Waals surface area contributed by atoms with E-state index in [4.69, 9.17) is 4.74 Å². The molecule has 4 fully saturated rings. The van der Waals surface area contributed by atoms with Gasteiger partial charge in [-0.1, -0.05) is 6.07 Å². The van der Waals surface area contributed by atoms with E-state index in [-0.39, 0.29) is 36.1 Å². The minimum absolute atomic E-state index is 0.00965. The van der Waals surface area contributed by atoms with Crippen molar-refractivity contribution in [2.24, 2.45) is 23.2 Å². The summed E-state index contributed by atoms with van der Waals surface area (Å²) in [5.74, 6) is 2.17. The Hall–Kier alpha value is -3.95. The van der Waals surface area contributed by atoms with Gasteiger partial charge < -0.3 is 20.7 Å². The van der Waals surface area contributed by atoms with Crippen LogP contribution in [0.25, 0.3) is 5.65 Å². The number of nitrogens with zero attached hydrogens (tertiary/aromatic N) is 3. The zero-order valence-electron chi connectivity index (χ0n) is 21.0. The number of aromatic nitrogens is 3. The number of carbonyl (C=O) groups excluding carboxylic acids is 3. The number of amides is 3. The van der Waals surface area contributed by atoms with E-state index in [9.17, 15) is 14.4 Å². The van der Waals surface area contributed by atoms with Crippen molar-refractivity contribution in [1.29, 1.82) is 0 Å². The third-order valence-electron chi connectivity index (χ3n) is 8.74. The number of benzene rings is 1. The van der Waals surface area contributed by atoms with E-state index in [1.165, 1.54) is 49.1 Å². The zero-order chi connectivity index (χ0) is 25.9. The average Bonchev–Trinajstić information content (AvgIpc) is 3.38. The quantitative estimate of drug-likeness (QED) is 0.464. The summed E-state index contributed by atoms with van der Waals surface area (Å²) in [7, 11) is 0. The Bertz CT molecular complexity index is 1430. The first-order chi connectivity index (χ1) is 18.4. The molecule has 1 aliphatic heterocycles. The SMILES string of the molecule is O=C1COc2ccc(CNC(=O)c3cc(C(=O)NCC45CC6CC(CC(C6)C4)C5)n4nccc4n3)cc2N1. The van der Waals surface area contributed by atoms with Crippen molar-refractivity contribution in [1.82, 2.24) is 25.2 Å². The van der Waals surface area contributed by atoms with Crippen LogP contribution in [-0.4, -0.2) is 45.5 Å². The lowest BCUT2D eigenvalue weighted by Gasteiger charge is -2.56. The summed E-state index contributed by atoms with van der Waals surface area (Å²) >= 11 is 0. The second-order valence-corrected chi connectivity index (χ2v) is 11.6. The molecule has 4 saturated carbocycles. The summed E-state index contributed by atoms with van der Waals surface area (Å²) in [5.41, 5.74) is 2.45. The Balaban J connectivity index is 1.06. The van der Waals surface area contributed by atoms with E-state index >= 15 is 0 Å². The van der Waals surface area contributed by atoms with Gasteiger partial charge in [0.1, 0.15) is 17.1 Å². The highest BCUT2D eigenvalue weighted by Gasteiger charge is 2.50. The highest BCUT2D eigenvalue weighted by molar-refractivity contribution is 5.98. The Kier molecular flexibility index (Phi) is 5.38. The Morgan fingerprint density at radius 1 is 1.03 bits per heavy atom.